The van der Waals surface area contributed by atoms with Gasteiger partial charge in [0.1, 0.15) is 0 Å². The highest BCUT2D eigenvalue weighted by molar-refractivity contribution is 7.07. The summed E-state index contributed by atoms with van der Waals surface area (Å²) in [6.07, 6.45) is 3.89. The normalized spacial score (nSPS) is 21.3. The third-order valence-corrected chi connectivity index (χ3v) is 3.79. The molecule has 1 N–H and O–H groups in total. The summed E-state index contributed by atoms with van der Waals surface area (Å²) in [6.45, 7) is 3.59. The van der Waals surface area contributed by atoms with Crippen LogP contribution in [0.2, 0.25) is 0 Å². The van der Waals surface area contributed by atoms with E-state index in [1.165, 1.54) is 44.5 Å². The second-order valence-electron chi connectivity index (χ2n) is 4.44. The van der Waals surface area contributed by atoms with Crippen molar-refractivity contribution in [1.82, 2.24) is 10.2 Å². The van der Waals surface area contributed by atoms with Crippen molar-refractivity contribution in [3.63, 3.8) is 0 Å². The van der Waals surface area contributed by atoms with Crippen LogP contribution in [0.1, 0.15) is 18.4 Å². The summed E-state index contributed by atoms with van der Waals surface area (Å²) in [5, 5.41) is 7.95. The minimum atomic E-state index is 0.734. The van der Waals surface area contributed by atoms with Gasteiger partial charge in [-0.05, 0) is 55.2 Å². The van der Waals surface area contributed by atoms with Crippen molar-refractivity contribution in [3.05, 3.63) is 22.4 Å². The van der Waals surface area contributed by atoms with Gasteiger partial charge in [-0.25, -0.2) is 0 Å². The maximum Gasteiger partial charge on any atom is 0.0195 e. The molecule has 1 aliphatic rings. The highest BCUT2D eigenvalue weighted by atomic mass is 32.1. The number of nitrogens with one attached hydrogen (secondary N) is 1. The summed E-state index contributed by atoms with van der Waals surface area (Å²) < 4.78 is 0. The van der Waals surface area contributed by atoms with Gasteiger partial charge in [-0.2, -0.15) is 11.3 Å². The number of likely N-dealkylation sites (N-methyl/N-ethyl adjacent to an activating group) is 1. The predicted octanol–water partition coefficient (Wildman–Crippen LogP) is 1.97. The van der Waals surface area contributed by atoms with Gasteiger partial charge >= 0.3 is 0 Å². The lowest BCUT2D eigenvalue weighted by Crippen LogP contribution is -2.36. The smallest absolute Gasteiger partial charge is 0.0195 e. The molecular weight excluding hydrogens is 204 g/mol. The molecule has 0 saturated carbocycles. The first kappa shape index (κ1) is 11.1. The Hall–Kier alpha value is -0.380. The van der Waals surface area contributed by atoms with Crippen LogP contribution in [0, 0.1) is 0 Å². The van der Waals surface area contributed by atoms with E-state index in [0.29, 0.717) is 0 Å². The first-order valence-corrected chi connectivity index (χ1v) is 6.72. The summed E-state index contributed by atoms with van der Waals surface area (Å²) in [6, 6.07) is 2.96. The second kappa shape index (κ2) is 5.64. The van der Waals surface area contributed by atoms with Gasteiger partial charge in [0.15, 0.2) is 0 Å². The van der Waals surface area contributed by atoms with E-state index in [2.05, 4.69) is 34.1 Å². The topological polar surface area (TPSA) is 15.3 Å². The van der Waals surface area contributed by atoms with Gasteiger partial charge in [-0.3, -0.25) is 0 Å². The highest BCUT2D eigenvalue weighted by Gasteiger charge is 2.15. The third-order valence-electron chi connectivity index (χ3n) is 3.06. The van der Waals surface area contributed by atoms with Gasteiger partial charge in [0, 0.05) is 19.1 Å². The first-order chi connectivity index (χ1) is 7.34. The fourth-order valence-corrected chi connectivity index (χ4v) is 2.84. The minimum absolute atomic E-state index is 0.734. The van der Waals surface area contributed by atoms with Crippen LogP contribution in [0.4, 0.5) is 0 Å². The van der Waals surface area contributed by atoms with Crippen molar-refractivity contribution in [2.45, 2.75) is 25.3 Å². The van der Waals surface area contributed by atoms with E-state index < -0.39 is 0 Å². The Balaban J connectivity index is 1.66. The van der Waals surface area contributed by atoms with Gasteiger partial charge in [-0.1, -0.05) is 0 Å². The van der Waals surface area contributed by atoms with Crippen molar-refractivity contribution in [2.24, 2.45) is 0 Å². The quantitative estimate of drug-likeness (QED) is 0.822. The predicted molar refractivity (Wildman–Crippen MR) is 66.5 cm³/mol. The monoisotopic (exact) mass is 224 g/mol. The van der Waals surface area contributed by atoms with Crippen molar-refractivity contribution >= 4 is 11.3 Å². The number of rotatable bonds is 5. The van der Waals surface area contributed by atoms with Crippen molar-refractivity contribution in [3.8, 4) is 0 Å². The maximum absolute atomic E-state index is 3.54. The van der Waals surface area contributed by atoms with E-state index in [-0.39, 0.29) is 0 Å². The lowest BCUT2D eigenvalue weighted by Gasteiger charge is -2.20. The van der Waals surface area contributed by atoms with E-state index in [9.17, 15) is 0 Å². The molecule has 0 aromatic carbocycles. The molecule has 0 radical (unpaired) electrons. The number of hydrogen-bond donors (Lipinski definition) is 1. The standard InChI is InChI=1S/C12H20N2S/c1-14(9-12-3-2-6-13-12)7-4-11-5-8-15-10-11/h5,8,10,12-13H,2-4,6-7,9H2,1H3. The molecule has 1 aromatic rings. The molecule has 1 unspecified atom stereocenters. The Morgan fingerprint density at radius 3 is 3.20 bits per heavy atom. The lowest BCUT2D eigenvalue weighted by molar-refractivity contribution is 0.304. The molecule has 0 amide bonds. The summed E-state index contributed by atoms with van der Waals surface area (Å²) in [5.41, 5.74) is 1.48. The largest absolute Gasteiger partial charge is 0.313 e. The van der Waals surface area contributed by atoms with Crippen LogP contribution in [0.3, 0.4) is 0 Å². The Labute approximate surface area is 96.3 Å². The Kier molecular flexibility index (Phi) is 4.18. The second-order valence-corrected chi connectivity index (χ2v) is 5.22. The number of hydrogen-bond acceptors (Lipinski definition) is 3. The molecule has 15 heavy (non-hydrogen) atoms. The molecule has 1 saturated heterocycles. The molecule has 2 rings (SSSR count). The molecule has 1 atom stereocenters. The summed E-state index contributed by atoms with van der Waals surface area (Å²) in [5.74, 6) is 0. The molecule has 1 aliphatic heterocycles. The average molecular weight is 224 g/mol. The number of nitrogens with zero attached hydrogens (tertiary/aromatic N) is 1. The van der Waals surface area contributed by atoms with E-state index >= 15 is 0 Å². The molecule has 2 heterocycles. The molecule has 0 aliphatic carbocycles. The van der Waals surface area contributed by atoms with E-state index in [1.54, 1.807) is 11.3 Å². The molecular formula is C12H20N2S. The van der Waals surface area contributed by atoms with E-state index in [0.717, 1.165) is 6.04 Å². The zero-order valence-electron chi connectivity index (χ0n) is 9.41. The zero-order chi connectivity index (χ0) is 10.5. The van der Waals surface area contributed by atoms with Gasteiger partial charge < -0.3 is 10.2 Å². The van der Waals surface area contributed by atoms with Crippen LogP contribution >= 0.6 is 11.3 Å². The molecule has 3 heteroatoms. The van der Waals surface area contributed by atoms with Crippen LogP contribution in [0.5, 0.6) is 0 Å². The van der Waals surface area contributed by atoms with Crippen LogP contribution < -0.4 is 5.32 Å². The molecule has 2 nitrogen and oxygen atoms in total. The van der Waals surface area contributed by atoms with Crippen LogP contribution in [-0.4, -0.2) is 37.6 Å². The molecule has 0 bridgehead atoms. The summed E-state index contributed by atoms with van der Waals surface area (Å²) in [7, 11) is 2.23. The van der Waals surface area contributed by atoms with Gasteiger partial charge in [-0.15, -0.1) is 0 Å². The number of thiophene rings is 1. The Bertz CT molecular complexity index is 265. The third kappa shape index (κ3) is 3.59. The van der Waals surface area contributed by atoms with E-state index in [4.69, 9.17) is 0 Å². The summed E-state index contributed by atoms with van der Waals surface area (Å²) >= 11 is 1.79. The summed E-state index contributed by atoms with van der Waals surface area (Å²) in [4.78, 5) is 2.45. The fourth-order valence-electron chi connectivity index (χ4n) is 2.13. The highest BCUT2D eigenvalue weighted by Crippen LogP contribution is 2.09. The van der Waals surface area contributed by atoms with Crippen LogP contribution in [0.15, 0.2) is 16.8 Å². The van der Waals surface area contributed by atoms with Crippen molar-refractivity contribution in [1.29, 1.82) is 0 Å². The van der Waals surface area contributed by atoms with Crippen molar-refractivity contribution in [2.75, 3.05) is 26.7 Å². The van der Waals surface area contributed by atoms with Crippen LogP contribution in [-0.2, 0) is 6.42 Å². The zero-order valence-corrected chi connectivity index (χ0v) is 10.2. The Morgan fingerprint density at radius 2 is 2.53 bits per heavy atom. The SMILES string of the molecule is CN(CCc1ccsc1)CC1CCCN1. The van der Waals surface area contributed by atoms with Gasteiger partial charge in [0.05, 0.1) is 0 Å². The van der Waals surface area contributed by atoms with E-state index in [1.807, 2.05) is 0 Å². The molecule has 0 spiro atoms. The van der Waals surface area contributed by atoms with Crippen molar-refractivity contribution < 1.29 is 0 Å². The minimum Gasteiger partial charge on any atom is -0.313 e. The van der Waals surface area contributed by atoms with Gasteiger partial charge in [0.25, 0.3) is 0 Å². The van der Waals surface area contributed by atoms with Gasteiger partial charge in [0.2, 0.25) is 0 Å². The maximum atomic E-state index is 3.54. The molecule has 1 aromatic heterocycles. The fraction of sp³-hybridized carbons (Fsp3) is 0.667. The Morgan fingerprint density at radius 1 is 1.60 bits per heavy atom. The lowest BCUT2D eigenvalue weighted by atomic mass is 10.2. The van der Waals surface area contributed by atoms with Crippen LogP contribution in [0.25, 0.3) is 0 Å². The first-order valence-electron chi connectivity index (χ1n) is 5.77. The molecule has 1 fully saturated rings. The average Bonchev–Trinajstić information content (AvgIpc) is 2.86. The molecule has 84 valence electrons.